The van der Waals surface area contributed by atoms with Crippen molar-refractivity contribution < 1.29 is 19.1 Å². The van der Waals surface area contributed by atoms with Crippen molar-refractivity contribution in [3.05, 3.63) is 35.6 Å². The van der Waals surface area contributed by atoms with Gasteiger partial charge >= 0.3 is 5.97 Å². The Kier molecular flexibility index (Phi) is 12.1. The monoisotopic (exact) mass is 394 g/mol. The Balaban J connectivity index is 2.02. The molecule has 0 saturated heterocycles. The van der Waals surface area contributed by atoms with E-state index in [0.29, 0.717) is 13.0 Å². The Bertz CT molecular complexity index is 576. The smallest absolute Gasteiger partial charge is 0.305 e. The maximum atomic E-state index is 12.8. The van der Waals surface area contributed by atoms with Crippen molar-refractivity contribution in [1.29, 1.82) is 0 Å². The Morgan fingerprint density at radius 2 is 1.57 bits per heavy atom. The van der Waals surface area contributed by atoms with Crippen LogP contribution in [0.15, 0.2) is 24.3 Å². The first-order chi connectivity index (χ1) is 13.4. The zero-order chi connectivity index (χ0) is 20.8. The molecule has 0 aliphatic rings. The molecule has 0 saturated carbocycles. The number of benzene rings is 1. The second-order valence-electron chi connectivity index (χ2n) is 7.73. The average molecular weight is 395 g/mol. The van der Waals surface area contributed by atoms with Gasteiger partial charge in [0.2, 0.25) is 5.91 Å². The fourth-order valence-corrected chi connectivity index (χ4v) is 3.26. The Morgan fingerprint density at radius 3 is 2.14 bits per heavy atom. The van der Waals surface area contributed by atoms with Gasteiger partial charge in [-0.3, -0.25) is 9.59 Å². The lowest BCUT2D eigenvalue weighted by atomic mass is 10.0. The van der Waals surface area contributed by atoms with Crippen LogP contribution in [0.4, 0.5) is 4.39 Å². The van der Waals surface area contributed by atoms with Gasteiger partial charge in [0.05, 0.1) is 12.5 Å². The number of rotatable bonds is 15. The zero-order valence-corrected chi connectivity index (χ0v) is 17.3. The van der Waals surface area contributed by atoms with Gasteiger partial charge in [0, 0.05) is 13.0 Å². The number of nitrogens with zero attached hydrogens (tertiary/aromatic N) is 1. The number of hydrogen-bond acceptors (Lipinski definition) is 3. The van der Waals surface area contributed by atoms with Crippen LogP contribution in [0, 0.1) is 5.82 Å². The standard InChI is InChI=1S/C22H35FN2O3/c1-25(2)17-20(16-22(27)28)24-21(26)11-9-7-5-3-4-6-8-10-18-12-14-19(23)15-13-18/h12-15,20H,3-11,16-17H2,1-2H3,(H,24,26)(H,27,28). The number of aryl methyl sites for hydroxylation is 1. The van der Waals surface area contributed by atoms with Crippen molar-refractivity contribution in [2.24, 2.45) is 0 Å². The van der Waals surface area contributed by atoms with E-state index in [2.05, 4.69) is 5.32 Å². The lowest BCUT2D eigenvalue weighted by Gasteiger charge is -2.20. The topological polar surface area (TPSA) is 69.6 Å². The van der Waals surface area contributed by atoms with E-state index < -0.39 is 5.97 Å². The summed E-state index contributed by atoms with van der Waals surface area (Å²) in [5.74, 6) is -1.15. The molecule has 1 aromatic rings. The summed E-state index contributed by atoms with van der Waals surface area (Å²) >= 11 is 0. The van der Waals surface area contributed by atoms with E-state index in [1.807, 2.05) is 31.1 Å². The van der Waals surface area contributed by atoms with Crippen LogP contribution >= 0.6 is 0 Å². The van der Waals surface area contributed by atoms with Gasteiger partial charge in [0.15, 0.2) is 0 Å². The molecule has 0 fully saturated rings. The number of halogens is 1. The molecule has 2 N–H and O–H groups in total. The lowest BCUT2D eigenvalue weighted by Crippen LogP contribution is -2.42. The van der Waals surface area contributed by atoms with Gasteiger partial charge in [0.25, 0.3) is 0 Å². The molecule has 0 aliphatic heterocycles. The van der Waals surface area contributed by atoms with Crippen LogP contribution in [0.5, 0.6) is 0 Å². The minimum Gasteiger partial charge on any atom is -0.481 e. The molecule has 1 amide bonds. The summed E-state index contributed by atoms with van der Waals surface area (Å²) in [5.41, 5.74) is 1.18. The average Bonchev–Trinajstić information content (AvgIpc) is 2.60. The fraction of sp³-hybridized carbons (Fsp3) is 0.636. The van der Waals surface area contributed by atoms with Gasteiger partial charge in [-0.1, -0.05) is 44.2 Å². The summed E-state index contributed by atoms with van der Waals surface area (Å²) in [6.07, 6.45) is 8.97. The molecule has 0 heterocycles. The van der Waals surface area contributed by atoms with Gasteiger partial charge in [-0.15, -0.1) is 0 Å². The van der Waals surface area contributed by atoms with E-state index in [4.69, 9.17) is 5.11 Å². The second kappa shape index (κ2) is 14.1. The van der Waals surface area contributed by atoms with Crippen molar-refractivity contribution in [2.75, 3.05) is 20.6 Å². The van der Waals surface area contributed by atoms with E-state index >= 15 is 0 Å². The zero-order valence-electron chi connectivity index (χ0n) is 17.3. The molecule has 1 unspecified atom stereocenters. The van der Waals surface area contributed by atoms with E-state index in [1.54, 1.807) is 0 Å². The Hall–Kier alpha value is -1.95. The highest BCUT2D eigenvalue weighted by atomic mass is 19.1. The minimum absolute atomic E-state index is 0.0537. The summed E-state index contributed by atoms with van der Waals surface area (Å²) in [7, 11) is 3.72. The van der Waals surface area contributed by atoms with Gasteiger partial charge in [-0.2, -0.15) is 0 Å². The third-order valence-corrected chi connectivity index (χ3v) is 4.65. The second-order valence-corrected chi connectivity index (χ2v) is 7.73. The maximum absolute atomic E-state index is 12.8. The van der Waals surface area contributed by atoms with Crippen LogP contribution < -0.4 is 5.32 Å². The molecule has 1 aromatic carbocycles. The van der Waals surface area contributed by atoms with Crippen molar-refractivity contribution in [1.82, 2.24) is 10.2 Å². The van der Waals surface area contributed by atoms with Crippen molar-refractivity contribution in [3.8, 4) is 0 Å². The third kappa shape index (κ3) is 12.4. The molecule has 6 heteroatoms. The SMILES string of the molecule is CN(C)CC(CC(=O)O)NC(=O)CCCCCCCCCc1ccc(F)cc1. The third-order valence-electron chi connectivity index (χ3n) is 4.65. The number of carbonyl (C=O) groups excluding carboxylic acids is 1. The number of likely N-dealkylation sites (N-methyl/N-ethyl adjacent to an activating group) is 1. The number of carbonyl (C=O) groups is 2. The van der Waals surface area contributed by atoms with Gasteiger partial charge in [0.1, 0.15) is 5.82 Å². The highest BCUT2D eigenvalue weighted by molar-refractivity contribution is 5.77. The van der Waals surface area contributed by atoms with E-state index in [1.165, 1.54) is 30.5 Å². The lowest BCUT2D eigenvalue weighted by molar-refractivity contribution is -0.137. The molecule has 0 bridgehead atoms. The quantitative estimate of drug-likeness (QED) is 0.441. The van der Waals surface area contributed by atoms with Gasteiger partial charge in [-0.05, 0) is 51.1 Å². The summed E-state index contributed by atoms with van der Waals surface area (Å²) in [6, 6.07) is 6.37. The highest BCUT2D eigenvalue weighted by Gasteiger charge is 2.16. The fourth-order valence-electron chi connectivity index (χ4n) is 3.26. The maximum Gasteiger partial charge on any atom is 0.305 e. The summed E-state index contributed by atoms with van der Waals surface area (Å²) in [6.45, 7) is 0.524. The van der Waals surface area contributed by atoms with Crippen LogP contribution in [0.2, 0.25) is 0 Å². The van der Waals surface area contributed by atoms with Crippen LogP contribution in [0.1, 0.15) is 63.4 Å². The predicted molar refractivity (Wildman–Crippen MR) is 110 cm³/mol. The Labute approximate surface area is 168 Å². The number of hydrogen-bond donors (Lipinski definition) is 2. The molecule has 0 aromatic heterocycles. The highest BCUT2D eigenvalue weighted by Crippen LogP contribution is 2.12. The number of carboxylic acids is 1. The summed E-state index contributed by atoms with van der Waals surface area (Å²) < 4.78 is 12.8. The molecule has 0 spiro atoms. The normalized spacial score (nSPS) is 12.1. The first kappa shape index (κ1) is 24.1. The van der Waals surface area contributed by atoms with Crippen LogP contribution in [0.3, 0.4) is 0 Å². The number of nitrogens with one attached hydrogen (secondary N) is 1. The molecule has 28 heavy (non-hydrogen) atoms. The van der Waals surface area contributed by atoms with Gasteiger partial charge in [-0.25, -0.2) is 4.39 Å². The molecule has 0 radical (unpaired) electrons. The van der Waals surface area contributed by atoms with Crippen LogP contribution in [0.25, 0.3) is 0 Å². The summed E-state index contributed by atoms with van der Waals surface area (Å²) in [4.78, 5) is 24.8. The first-order valence-electron chi connectivity index (χ1n) is 10.3. The van der Waals surface area contributed by atoms with Crippen molar-refractivity contribution in [2.45, 2.75) is 70.3 Å². The van der Waals surface area contributed by atoms with E-state index in [0.717, 1.165) is 38.5 Å². The van der Waals surface area contributed by atoms with E-state index in [9.17, 15) is 14.0 Å². The molecular formula is C22H35FN2O3. The van der Waals surface area contributed by atoms with Crippen LogP contribution in [-0.4, -0.2) is 48.6 Å². The van der Waals surface area contributed by atoms with E-state index in [-0.39, 0.29) is 24.2 Å². The molecule has 1 atom stereocenters. The van der Waals surface area contributed by atoms with Crippen molar-refractivity contribution in [3.63, 3.8) is 0 Å². The number of aliphatic carboxylic acids is 1. The number of unbranched alkanes of at least 4 members (excludes halogenated alkanes) is 6. The molecule has 5 nitrogen and oxygen atoms in total. The molecule has 0 aliphatic carbocycles. The van der Waals surface area contributed by atoms with Gasteiger partial charge < -0.3 is 15.3 Å². The van der Waals surface area contributed by atoms with Crippen LogP contribution in [-0.2, 0) is 16.0 Å². The van der Waals surface area contributed by atoms with Crippen molar-refractivity contribution >= 4 is 11.9 Å². The molecular weight excluding hydrogens is 359 g/mol. The molecule has 1 rings (SSSR count). The number of carboxylic acid groups (broad SMARTS) is 1. The minimum atomic E-state index is -0.897. The summed E-state index contributed by atoms with van der Waals surface area (Å²) in [5, 5.41) is 11.8. The largest absolute Gasteiger partial charge is 0.481 e. The molecule has 158 valence electrons. The first-order valence-corrected chi connectivity index (χ1v) is 10.3. The number of amides is 1. The Morgan fingerprint density at radius 1 is 1.00 bits per heavy atom. The predicted octanol–water partition coefficient (Wildman–Crippen LogP) is 4.01.